The summed E-state index contributed by atoms with van der Waals surface area (Å²) in [5.74, 6) is 2.49. The minimum Gasteiger partial charge on any atom is -0.329 e. The number of nitrogens with zero attached hydrogens (tertiary/aromatic N) is 2. The maximum atomic E-state index is 12.6. The molecule has 4 heterocycles. The third-order valence-corrected chi connectivity index (χ3v) is 9.80. The Kier molecular flexibility index (Phi) is 12.1. The summed E-state index contributed by atoms with van der Waals surface area (Å²) < 4.78 is 0. The fraction of sp³-hybridized carbons (Fsp3) is 0.533. The van der Waals surface area contributed by atoms with Crippen molar-refractivity contribution in [1.29, 1.82) is 0 Å². The maximum absolute atomic E-state index is 12.6. The number of amides is 2. The molecule has 4 aliphatic rings. The van der Waals surface area contributed by atoms with Gasteiger partial charge in [-0.25, -0.2) is 0 Å². The molecule has 0 spiro atoms. The number of aryl methyl sites for hydroxylation is 2. The van der Waals surface area contributed by atoms with Crippen LogP contribution in [0.5, 0.6) is 0 Å². The summed E-state index contributed by atoms with van der Waals surface area (Å²) in [5, 5.41) is 6.81. The van der Waals surface area contributed by atoms with Crippen LogP contribution in [0.3, 0.4) is 0 Å². The molecule has 2 aromatic carbocycles. The van der Waals surface area contributed by atoms with E-state index in [1.54, 1.807) is 23.5 Å². The van der Waals surface area contributed by atoms with Gasteiger partial charge in [-0.2, -0.15) is 0 Å². The van der Waals surface area contributed by atoms with Crippen LogP contribution in [0.15, 0.2) is 34.1 Å². The Labute approximate surface area is 260 Å². The van der Waals surface area contributed by atoms with Crippen LogP contribution in [-0.4, -0.2) is 72.4 Å². The van der Waals surface area contributed by atoms with Gasteiger partial charge in [-0.05, 0) is 58.7 Å². The second kappa shape index (κ2) is 14.7. The first-order valence-corrected chi connectivity index (χ1v) is 16.1. The smallest absolute Gasteiger partial charge is 0.255 e. The van der Waals surface area contributed by atoms with Crippen molar-refractivity contribution in [3.63, 3.8) is 0 Å². The van der Waals surface area contributed by atoms with Gasteiger partial charge in [-0.3, -0.25) is 9.59 Å². The van der Waals surface area contributed by atoms with Crippen LogP contribution in [-0.2, 0) is 12.8 Å². The minimum atomic E-state index is 0. The zero-order chi connectivity index (χ0) is 26.8. The first-order chi connectivity index (χ1) is 18.5. The van der Waals surface area contributed by atoms with Crippen LogP contribution in [0, 0.1) is 0 Å². The Morgan fingerprint density at radius 3 is 1.45 bits per heavy atom. The molecule has 0 aromatic heterocycles. The largest absolute Gasteiger partial charge is 0.329 e. The Morgan fingerprint density at radius 1 is 0.700 bits per heavy atom. The first-order valence-electron chi connectivity index (χ1n) is 14.1. The SMILES string of the molecule is CCSc1cc(CC)cc2c1C(=O)N1CCNC[C@@H]21.CCSc1cc(CC)cc2c1C(=O)N1CCNC[C@H]21.Cl.Cl. The molecule has 0 unspecified atom stereocenters. The second-order valence-corrected chi connectivity index (χ2v) is 12.7. The molecular weight excluding hydrogens is 583 g/mol. The fourth-order valence-electron chi connectivity index (χ4n) is 6.06. The topological polar surface area (TPSA) is 64.7 Å². The van der Waals surface area contributed by atoms with Gasteiger partial charge in [0.05, 0.1) is 23.2 Å². The average Bonchev–Trinajstić information content (AvgIpc) is 3.41. The van der Waals surface area contributed by atoms with Crippen LogP contribution in [0.1, 0.15) is 82.7 Å². The summed E-state index contributed by atoms with van der Waals surface area (Å²) in [6.07, 6.45) is 2.05. The number of fused-ring (bicyclic) bond motifs is 6. The molecule has 0 radical (unpaired) electrons. The predicted octanol–water partition coefficient (Wildman–Crippen LogP) is 5.77. The molecule has 2 fully saturated rings. The zero-order valence-corrected chi connectivity index (χ0v) is 27.1. The molecule has 4 aliphatic heterocycles. The van der Waals surface area contributed by atoms with E-state index in [2.05, 4.69) is 62.6 Å². The third kappa shape index (κ3) is 6.18. The molecule has 0 bridgehead atoms. The highest BCUT2D eigenvalue weighted by Gasteiger charge is 2.41. The van der Waals surface area contributed by atoms with Crippen LogP contribution >= 0.6 is 48.3 Å². The molecule has 2 aromatic rings. The van der Waals surface area contributed by atoms with Gasteiger partial charge in [0.2, 0.25) is 0 Å². The molecule has 220 valence electrons. The fourth-order valence-corrected chi connectivity index (χ4v) is 7.85. The Morgan fingerprint density at radius 2 is 1.10 bits per heavy atom. The van der Waals surface area contributed by atoms with E-state index in [0.717, 1.165) is 74.7 Å². The first kappa shape index (κ1) is 33.1. The van der Waals surface area contributed by atoms with Gasteiger partial charge < -0.3 is 20.4 Å². The summed E-state index contributed by atoms with van der Waals surface area (Å²) in [7, 11) is 0. The van der Waals surface area contributed by atoms with Crippen molar-refractivity contribution in [2.75, 3.05) is 50.8 Å². The molecule has 2 saturated heterocycles. The predicted molar refractivity (Wildman–Crippen MR) is 172 cm³/mol. The highest BCUT2D eigenvalue weighted by atomic mass is 35.5. The monoisotopic (exact) mass is 624 g/mol. The zero-order valence-electron chi connectivity index (χ0n) is 23.9. The molecule has 6 rings (SSSR count). The van der Waals surface area contributed by atoms with Crippen LogP contribution in [0.25, 0.3) is 0 Å². The van der Waals surface area contributed by atoms with E-state index in [9.17, 15) is 9.59 Å². The van der Waals surface area contributed by atoms with Gasteiger partial charge in [0.25, 0.3) is 11.8 Å². The van der Waals surface area contributed by atoms with Crippen molar-refractivity contribution >= 4 is 60.2 Å². The summed E-state index contributed by atoms with van der Waals surface area (Å²) in [6.45, 7) is 13.9. The van der Waals surface area contributed by atoms with E-state index in [0.29, 0.717) is 0 Å². The third-order valence-electron chi connectivity index (χ3n) is 7.96. The number of benzene rings is 2. The number of carbonyl (C=O) groups excluding carboxylic acids is 2. The van der Waals surface area contributed by atoms with Crippen molar-refractivity contribution < 1.29 is 9.59 Å². The number of rotatable bonds is 6. The molecular formula is C30H42Cl2N4O2S2. The number of hydrogen-bond acceptors (Lipinski definition) is 6. The van der Waals surface area contributed by atoms with Crippen molar-refractivity contribution in [3.05, 3.63) is 57.6 Å². The van der Waals surface area contributed by atoms with Crippen LogP contribution in [0.4, 0.5) is 0 Å². The van der Waals surface area contributed by atoms with Gasteiger partial charge in [0, 0.05) is 49.1 Å². The van der Waals surface area contributed by atoms with Crippen molar-refractivity contribution in [2.45, 2.75) is 62.4 Å². The summed E-state index contributed by atoms with van der Waals surface area (Å²) in [6, 6.07) is 9.39. The lowest BCUT2D eigenvalue weighted by Gasteiger charge is -2.30. The molecule has 0 aliphatic carbocycles. The minimum absolute atomic E-state index is 0. The molecule has 40 heavy (non-hydrogen) atoms. The number of piperazine rings is 2. The van der Waals surface area contributed by atoms with Crippen molar-refractivity contribution in [2.24, 2.45) is 0 Å². The van der Waals surface area contributed by atoms with Gasteiger partial charge >= 0.3 is 0 Å². The van der Waals surface area contributed by atoms with E-state index in [-0.39, 0.29) is 48.7 Å². The van der Waals surface area contributed by atoms with E-state index < -0.39 is 0 Å². The number of hydrogen-bond donors (Lipinski definition) is 2. The van der Waals surface area contributed by atoms with Gasteiger partial charge in [0.15, 0.2) is 0 Å². The number of nitrogens with one attached hydrogen (secondary N) is 2. The number of halogens is 2. The highest BCUT2D eigenvalue weighted by Crippen LogP contribution is 2.41. The normalized spacial score (nSPS) is 20.4. The summed E-state index contributed by atoms with van der Waals surface area (Å²) in [4.78, 5) is 31.7. The van der Waals surface area contributed by atoms with Gasteiger partial charge in [-0.1, -0.05) is 39.8 Å². The Balaban J connectivity index is 0.000000210. The summed E-state index contributed by atoms with van der Waals surface area (Å²) >= 11 is 3.58. The lowest BCUT2D eigenvalue weighted by Crippen LogP contribution is -2.44. The molecule has 10 heteroatoms. The van der Waals surface area contributed by atoms with Gasteiger partial charge in [-0.15, -0.1) is 48.3 Å². The van der Waals surface area contributed by atoms with Crippen LogP contribution in [0.2, 0.25) is 0 Å². The van der Waals surface area contributed by atoms with E-state index in [1.807, 2.05) is 9.80 Å². The number of thioether (sulfide) groups is 2. The molecule has 6 nitrogen and oxygen atoms in total. The second-order valence-electron chi connectivity index (χ2n) is 10.1. The van der Waals surface area contributed by atoms with Gasteiger partial charge in [0.1, 0.15) is 0 Å². The maximum Gasteiger partial charge on any atom is 0.255 e. The molecule has 2 amide bonds. The van der Waals surface area contributed by atoms with Crippen molar-refractivity contribution in [3.8, 4) is 0 Å². The standard InChI is InChI=1S/2C15H20N2OS.2ClH/c2*1-3-10-7-11-12-9-16-5-6-17(12)15(18)14(11)13(8-10)19-4-2;;/h2*7-8,12,16H,3-6,9H2,1-2H3;2*1H/t2*12-;;/m10../s1. The number of carbonyl (C=O) groups is 2. The van der Waals surface area contributed by atoms with E-state index in [4.69, 9.17) is 0 Å². The lowest BCUT2D eigenvalue weighted by molar-refractivity contribution is 0.0681. The Hall–Kier alpha value is -1.42. The van der Waals surface area contributed by atoms with Crippen LogP contribution < -0.4 is 10.6 Å². The molecule has 0 saturated carbocycles. The quantitative estimate of drug-likeness (QED) is 0.398. The van der Waals surface area contributed by atoms with E-state index >= 15 is 0 Å². The summed E-state index contributed by atoms with van der Waals surface area (Å²) in [5.41, 5.74) is 7.11. The van der Waals surface area contributed by atoms with E-state index in [1.165, 1.54) is 32.0 Å². The molecule has 2 N–H and O–H groups in total. The average molecular weight is 626 g/mol. The Bertz CT molecular complexity index is 1140. The molecule has 2 atom stereocenters. The highest BCUT2D eigenvalue weighted by molar-refractivity contribution is 7.99. The van der Waals surface area contributed by atoms with Crippen molar-refractivity contribution in [1.82, 2.24) is 20.4 Å². The lowest BCUT2D eigenvalue weighted by atomic mass is 9.99.